The highest BCUT2D eigenvalue weighted by atomic mass is 16.1. The Labute approximate surface area is 200 Å². The van der Waals surface area contributed by atoms with E-state index in [0.29, 0.717) is 5.56 Å². The van der Waals surface area contributed by atoms with Crippen LogP contribution in [0.3, 0.4) is 0 Å². The Morgan fingerprint density at radius 1 is 0.676 bits per heavy atom. The Morgan fingerprint density at radius 2 is 1.38 bits per heavy atom. The average Bonchev–Trinajstić information content (AvgIpc) is 3.19. The second kappa shape index (κ2) is 10.3. The zero-order valence-corrected chi connectivity index (χ0v) is 19.2. The molecule has 1 saturated heterocycles. The van der Waals surface area contributed by atoms with E-state index in [4.69, 9.17) is 0 Å². The van der Waals surface area contributed by atoms with E-state index in [1.807, 2.05) is 78.9 Å². The Bertz CT molecular complexity index is 1230. The lowest BCUT2D eigenvalue weighted by molar-refractivity contribution is 0.102. The van der Waals surface area contributed by atoms with Gasteiger partial charge in [-0.2, -0.15) is 0 Å². The van der Waals surface area contributed by atoms with Gasteiger partial charge in [-0.1, -0.05) is 67.4 Å². The van der Waals surface area contributed by atoms with Crippen molar-refractivity contribution in [3.63, 3.8) is 0 Å². The fourth-order valence-electron chi connectivity index (χ4n) is 4.35. The Hall–Kier alpha value is -3.99. The van der Waals surface area contributed by atoms with Crippen molar-refractivity contribution >= 4 is 17.4 Å². The molecule has 34 heavy (non-hydrogen) atoms. The molecule has 5 nitrogen and oxygen atoms in total. The largest absolute Gasteiger partial charge is 0.355 e. The second-order valence-electron chi connectivity index (χ2n) is 8.66. The summed E-state index contributed by atoms with van der Waals surface area (Å²) in [4.78, 5) is 15.1. The van der Waals surface area contributed by atoms with Crippen molar-refractivity contribution in [1.29, 1.82) is 0 Å². The number of hydrogen-bond acceptors (Lipinski definition) is 4. The molecule has 0 saturated carbocycles. The van der Waals surface area contributed by atoms with E-state index in [1.54, 1.807) is 0 Å². The van der Waals surface area contributed by atoms with Crippen LogP contribution in [0.25, 0.3) is 22.4 Å². The van der Waals surface area contributed by atoms with Crippen molar-refractivity contribution in [1.82, 2.24) is 10.2 Å². The highest BCUT2D eigenvalue weighted by molar-refractivity contribution is 6.04. The average molecular weight is 449 g/mol. The number of hydrogen-bond donors (Lipinski definition) is 1. The summed E-state index contributed by atoms with van der Waals surface area (Å²) in [7, 11) is 0. The predicted molar refractivity (Wildman–Crippen MR) is 138 cm³/mol. The van der Waals surface area contributed by atoms with Gasteiger partial charge in [0.05, 0.1) is 5.69 Å². The van der Waals surface area contributed by atoms with Crippen LogP contribution >= 0.6 is 0 Å². The number of carbonyl (C=O) groups is 1. The van der Waals surface area contributed by atoms with Crippen LogP contribution in [-0.2, 0) is 0 Å². The fourth-order valence-corrected chi connectivity index (χ4v) is 4.35. The minimum atomic E-state index is -0.139. The van der Waals surface area contributed by atoms with Crippen molar-refractivity contribution in [2.75, 3.05) is 23.3 Å². The van der Waals surface area contributed by atoms with E-state index >= 15 is 0 Å². The normalized spacial score (nSPS) is 13.8. The molecule has 170 valence electrons. The molecule has 1 aliphatic heterocycles. The summed E-state index contributed by atoms with van der Waals surface area (Å²) in [6.45, 7) is 2.09. The van der Waals surface area contributed by atoms with Crippen molar-refractivity contribution in [2.45, 2.75) is 25.7 Å². The zero-order chi connectivity index (χ0) is 23.2. The molecule has 1 fully saturated rings. The summed E-state index contributed by atoms with van der Waals surface area (Å²) < 4.78 is 0. The summed E-state index contributed by atoms with van der Waals surface area (Å²) in [5.41, 5.74) is 5.28. The summed E-state index contributed by atoms with van der Waals surface area (Å²) in [6.07, 6.45) is 5.00. The van der Waals surface area contributed by atoms with E-state index in [-0.39, 0.29) is 5.91 Å². The number of rotatable bonds is 5. The number of anilines is 2. The maximum absolute atomic E-state index is 12.8. The Balaban J connectivity index is 1.27. The third-order valence-electron chi connectivity index (χ3n) is 6.25. The van der Waals surface area contributed by atoms with E-state index < -0.39 is 0 Å². The van der Waals surface area contributed by atoms with Gasteiger partial charge in [0.15, 0.2) is 5.82 Å². The van der Waals surface area contributed by atoms with Gasteiger partial charge < -0.3 is 10.2 Å². The molecule has 0 bridgehead atoms. The van der Waals surface area contributed by atoms with Crippen LogP contribution in [0.2, 0.25) is 0 Å². The third-order valence-corrected chi connectivity index (χ3v) is 6.25. The molecular weight excluding hydrogens is 420 g/mol. The van der Waals surface area contributed by atoms with Crippen molar-refractivity contribution in [3.8, 4) is 22.4 Å². The molecule has 0 radical (unpaired) electrons. The first-order valence-electron chi connectivity index (χ1n) is 11.9. The number of amides is 1. The molecule has 0 spiro atoms. The van der Waals surface area contributed by atoms with Crippen LogP contribution < -0.4 is 10.2 Å². The van der Waals surface area contributed by atoms with Gasteiger partial charge in [0.1, 0.15) is 0 Å². The maximum Gasteiger partial charge on any atom is 0.255 e. The van der Waals surface area contributed by atoms with Gasteiger partial charge >= 0.3 is 0 Å². The van der Waals surface area contributed by atoms with E-state index in [0.717, 1.165) is 47.0 Å². The van der Waals surface area contributed by atoms with Gasteiger partial charge in [-0.3, -0.25) is 4.79 Å². The molecule has 2 heterocycles. The summed E-state index contributed by atoms with van der Waals surface area (Å²) in [6, 6.07) is 29.6. The lowest BCUT2D eigenvalue weighted by Gasteiger charge is -2.20. The molecule has 0 unspecified atom stereocenters. The standard InChI is InChI=1S/C29H28N4O/c34-29(24-15-13-23(14-16-24)22-9-4-3-5-10-22)30-26-12-8-11-25(21-26)27-17-18-28(32-31-27)33-19-6-1-2-7-20-33/h3-5,8-18,21H,1-2,6-7,19-20H2,(H,30,34). The molecule has 3 aromatic carbocycles. The van der Waals surface area contributed by atoms with Gasteiger partial charge in [-0.15, -0.1) is 10.2 Å². The third kappa shape index (κ3) is 5.15. The first-order chi connectivity index (χ1) is 16.8. The molecule has 1 aromatic heterocycles. The minimum Gasteiger partial charge on any atom is -0.355 e. The number of nitrogens with one attached hydrogen (secondary N) is 1. The van der Waals surface area contributed by atoms with Crippen LogP contribution in [0.1, 0.15) is 36.0 Å². The lowest BCUT2D eigenvalue weighted by Crippen LogP contribution is -2.25. The van der Waals surface area contributed by atoms with Crippen molar-refractivity contribution < 1.29 is 4.79 Å². The second-order valence-corrected chi connectivity index (χ2v) is 8.66. The molecule has 4 aromatic rings. The van der Waals surface area contributed by atoms with Crippen LogP contribution in [0.4, 0.5) is 11.5 Å². The monoisotopic (exact) mass is 448 g/mol. The zero-order valence-electron chi connectivity index (χ0n) is 19.2. The van der Waals surface area contributed by atoms with Crippen molar-refractivity contribution in [3.05, 3.63) is 96.6 Å². The number of nitrogens with zero attached hydrogens (tertiary/aromatic N) is 3. The summed E-state index contributed by atoms with van der Waals surface area (Å²) in [5.74, 6) is 0.799. The van der Waals surface area contributed by atoms with Crippen LogP contribution in [-0.4, -0.2) is 29.2 Å². The topological polar surface area (TPSA) is 58.1 Å². The lowest BCUT2D eigenvalue weighted by atomic mass is 10.0. The minimum absolute atomic E-state index is 0.139. The van der Waals surface area contributed by atoms with Crippen LogP contribution in [0, 0.1) is 0 Å². The van der Waals surface area contributed by atoms with Gasteiger partial charge in [0.25, 0.3) is 5.91 Å². The van der Waals surface area contributed by atoms with E-state index in [1.165, 1.54) is 25.7 Å². The Morgan fingerprint density at radius 3 is 2.09 bits per heavy atom. The Kier molecular flexibility index (Phi) is 6.61. The fraction of sp³-hybridized carbons (Fsp3) is 0.207. The molecule has 0 aliphatic carbocycles. The first kappa shape index (κ1) is 21.8. The maximum atomic E-state index is 12.8. The molecule has 1 aliphatic rings. The quantitative estimate of drug-likeness (QED) is 0.381. The van der Waals surface area contributed by atoms with Gasteiger partial charge in [-0.05, 0) is 60.4 Å². The predicted octanol–water partition coefficient (Wildman–Crippen LogP) is 6.44. The van der Waals surface area contributed by atoms with Gasteiger partial charge in [0, 0.05) is 29.9 Å². The molecule has 1 N–H and O–H groups in total. The highest BCUT2D eigenvalue weighted by Gasteiger charge is 2.12. The summed E-state index contributed by atoms with van der Waals surface area (Å²) >= 11 is 0. The highest BCUT2D eigenvalue weighted by Crippen LogP contribution is 2.24. The number of benzene rings is 3. The van der Waals surface area contributed by atoms with Gasteiger partial charge in [0.2, 0.25) is 0 Å². The van der Waals surface area contributed by atoms with Crippen molar-refractivity contribution in [2.24, 2.45) is 0 Å². The summed E-state index contributed by atoms with van der Waals surface area (Å²) in [5, 5.41) is 11.9. The van der Waals surface area contributed by atoms with E-state index in [9.17, 15) is 4.79 Å². The van der Waals surface area contributed by atoms with Gasteiger partial charge in [-0.25, -0.2) is 0 Å². The van der Waals surface area contributed by atoms with Crippen LogP contribution in [0.15, 0.2) is 91.0 Å². The molecule has 1 amide bonds. The molecule has 5 heteroatoms. The smallest absolute Gasteiger partial charge is 0.255 e. The first-order valence-corrected chi connectivity index (χ1v) is 11.9. The van der Waals surface area contributed by atoms with E-state index in [2.05, 4.69) is 32.5 Å². The number of aromatic nitrogens is 2. The SMILES string of the molecule is O=C(Nc1cccc(-c2ccc(N3CCCCCC3)nn2)c1)c1ccc(-c2ccccc2)cc1. The molecule has 0 atom stereocenters. The molecular formula is C29H28N4O. The molecule has 5 rings (SSSR count). The number of carbonyl (C=O) groups excluding carboxylic acids is 1. The van der Waals surface area contributed by atoms with Crippen LogP contribution in [0.5, 0.6) is 0 Å².